The number of hydrogen-bond acceptors (Lipinski definition) is 6. The minimum Gasteiger partial charge on any atom is -0.467 e. The fourth-order valence-corrected chi connectivity index (χ4v) is 2.97. The first kappa shape index (κ1) is 19.4. The topological polar surface area (TPSA) is 90.9 Å². The van der Waals surface area contributed by atoms with E-state index in [1.165, 1.54) is 21.3 Å². The molecular weight excluding hydrogens is 321 g/mol. The number of nitrogens with one attached hydrogen (secondary N) is 1. The lowest BCUT2D eigenvalue weighted by molar-refractivity contribution is -0.142. The monoisotopic (exact) mass is 343 g/mol. The molecule has 0 aliphatic carbocycles. The molecule has 1 aromatic rings. The smallest absolute Gasteiger partial charge is 0.334 e. The lowest BCUT2D eigenvalue weighted by Gasteiger charge is -2.15. The van der Waals surface area contributed by atoms with Crippen LogP contribution in [0, 0.1) is 0 Å². The summed E-state index contributed by atoms with van der Waals surface area (Å²) in [4.78, 5) is 23.6. The molecule has 0 spiro atoms. The number of esters is 1. The molecule has 23 heavy (non-hydrogen) atoms. The SMILES string of the molecule is CC[C@H](NC(=O)c1ccc(CP(=O)(OC)OC)cc1)C(=O)OC. The van der Waals surface area contributed by atoms with E-state index in [0.29, 0.717) is 17.5 Å². The Morgan fingerprint density at radius 1 is 1.13 bits per heavy atom. The van der Waals surface area contributed by atoms with Crippen molar-refractivity contribution in [3.63, 3.8) is 0 Å². The Labute approximate surface area is 135 Å². The second-order valence-electron chi connectivity index (χ2n) is 4.79. The zero-order valence-electron chi connectivity index (χ0n) is 13.7. The average Bonchev–Trinajstić information content (AvgIpc) is 2.59. The summed E-state index contributed by atoms with van der Waals surface area (Å²) < 4.78 is 26.4. The van der Waals surface area contributed by atoms with E-state index in [-0.39, 0.29) is 12.1 Å². The molecule has 0 aliphatic rings. The minimum absolute atomic E-state index is 0.113. The summed E-state index contributed by atoms with van der Waals surface area (Å²) in [5.41, 5.74) is 1.11. The first-order valence-corrected chi connectivity index (χ1v) is 8.80. The van der Waals surface area contributed by atoms with Crippen LogP contribution in [-0.2, 0) is 29.3 Å². The van der Waals surface area contributed by atoms with Crippen molar-refractivity contribution < 1.29 is 27.9 Å². The minimum atomic E-state index is -3.15. The summed E-state index contributed by atoms with van der Waals surface area (Å²) in [6.07, 6.45) is 0.545. The third-order valence-corrected chi connectivity index (χ3v) is 5.21. The number of rotatable bonds is 8. The molecule has 0 unspecified atom stereocenters. The molecule has 0 aliphatic heterocycles. The Balaban J connectivity index is 2.78. The highest BCUT2D eigenvalue weighted by molar-refractivity contribution is 7.52. The van der Waals surface area contributed by atoms with Gasteiger partial charge in [-0.2, -0.15) is 0 Å². The van der Waals surface area contributed by atoms with Crippen LogP contribution >= 0.6 is 7.60 Å². The van der Waals surface area contributed by atoms with Crippen molar-refractivity contribution in [1.82, 2.24) is 5.32 Å². The van der Waals surface area contributed by atoms with E-state index in [1.54, 1.807) is 31.2 Å². The summed E-state index contributed by atoms with van der Waals surface area (Å²) >= 11 is 0. The Hall–Kier alpha value is -1.69. The summed E-state index contributed by atoms with van der Waals surface area (Å²) in [5, 5.41) is 2.61. The predicted octanol–water partition coefficient (Wildman–Crippen LogP) is 2.35. The van der Waals surface area contributed by atoms with Gasteiger partial charge in [0.1, 0.15) is 6.04 Å². The predicted molar refractivity (Wildman–Crippen MR) is 85.3 cm³/mol. The Kier molecular flexibility index (Phi) is 7.42. The number of hydrogen-bond donors (Lipinski definition) is 1. The Bertz CT molecular complexity index is 578. The molecule has 1 N–H and O–H groups in total. The van der Waals surface area contributed by atoms with Crippen molar-refractivity contribution in [2.75, 3.05) is 21.3 Å². The molecule has 0 saturated carbocycles. The van der Waals surface area contributed by atoms with Gasteiger partial charge in [-0.05, 0) is 24.1 Å². The van der Waals surface area contributed by atoms with Crippen molar-refractivity contribution >= 4 is 19.5 Å². The number of carbonyl (C=O) groups excluding carboxylic acids is 2. The standard InChI is InChI=1S/C15H22NO6P/c1-5-13(15(18)20-2)16-14(17)12-8-6-11(7-9-12)10-23(19,21-3)22-4/h6-9,13H,5,10H2,1-4H3,(H,16,17)/t13-/m0/s1. The van der Waals surface area contributed by atoms with E-state index in [9.17, 15) is 14.2 Å². The first-order chi connectivity index (χ1) is 10.9. The van der Waals surface area contributed by atoms with Gasteiger partial charge in [-0.3, -0.25) is 9.36 Å². The quantitative estimate of drug-likeness (QED) is 0.575. The highest BCUT2D eigenvalue weighted by Crippen LogP contribution is 2.49. The van der Waals surface area contributed by atoms with E-state index < -0.39 is 19.6 Å². The maximum Gasteiger partial charge on any atom is 0.334 e. The number of ether oxygens (including phenoxy) is 1. The van der Waals surface area contributed by atoms with Gasteiger partial charge >= 0.3 is 13.6 Å². The summed E-state index contributed by atoms with van der Waals surface area (Å²) in [6.45, 7) is 1.78. The van der Waals surface area contributed by atoms with Crippen LogP contribution in [0.3, 0.4) is 0 Å². The number of benzene rings is 1. The van der Waals surface area contributed by atoms with Crippen LogP contribution in [-0.4, -0.2) is 39.2 Å². The van der Waals surface area contributed by atoms with Gasteiger partial charge < -0.3 is 19.1 Å². The normalized spacial score (nSPS) is 12.5. The molecular formula is C15H22NO6P. The van der Waals surface area contributed by atoms with Crippen LogP contribution in [0.1, 0.15) is 29.3 Å². The molecule has 128 valence electrons. The molecule has 0 aromatic heterocycles. The third kappa shape index (κ3) is 5.46. The molecule has 8 heteroatoms. The van der Waals surface area contributed by atoms with Crippen molar-refractivity contribution in [1.29, 1.82) is 0 Å². The summed E-state index contributed by atoms with van der Waals surface area (Å²) in [5.74, 6) is -0.867. The third-order valence-electron chi connectivity index (χ3n) is 3.35. The number of amides is 1. The van der Waals surface area contributed by atoms with Crippen molar-refractivity contribution in [3.05, 3.63) is 35.4 Å². The van der Waals surface area contributed by atoms with E-state index in [2.05, 4.69) is 10.1 Å². The molecule has 7 nitrogen and oxygen atoms in total. The van der Waals surface area contributed by atoms with Crippen LogP contribution in [0.25, 0.3) is 0 Å². The van der Waals surface area contributed by atoms with Crippen LogP contribution in [0.15, 0.2) is 24.3 Å². The molecule has 0 fully saturated rings. The van der Waals surface area contributed by atoms with Gasteiger partial charge in [-0.15, -0.1) is 0 Å². The fourth-order valence-electron chi connectivity index (χ4n) is 1.90. The zero-order valence-corrected chi connectivity index (χ0v) is 14.6. The molecule has 1 amide bonds. The van der Waals surface area contributed by atoms with Crippen molar-refractivity contribution in [3.8, 4) is 0 Å². The van der Waals surface area contributed by atoms with E-state index in [1.807, 2.05) is 0 Å². The Morgan fingerprint density at radius 3 is 2.13 bits per heavy atom. The van der Waals surface area contributed by atoms with Gasteiger partial charge in [-0.1, -0.05) is 19.1 Å². The molecule has 0 radical (unpaired) electrons. The van der Waals surface area contributed by atoms with Crippen LogP contribution in [0.4, 0.5) is 0 Å². The van der Waals surface area contributed by atoms with Crippen molar-refractivity contribution in [2.45, 2.75) is 25.5 Å². The highest BCUT2D eigenvalue weighted by Gasteiger charge is 2.22. The maximum atomic E-state index is 12.1. The lowest BCUT2D eigenvalue weighted by atomic mass is 10.1. The second kappa shape index (κ2) is 8.82. The lowest BCUT2D eigenvalue weighted by Crippen LogP contribution is -2.41. The highest BCUT2D eigenvalue weighted by atomic mass is 31.2. The zero-order chi connectivity index (χ0) is 17.5. The maximum absolute atomic E-state index is 12.1. The van der Waals surface area contributed by atoms with Crippen LogP contribution in [0.5, 0.6) is 0 Å². The first-order valence-electron chi connectivity index (χ1n) is 7.07. The molecule has 0 bridgehead atoms. The van der Waals surface area contributed by atoms with E-state index in [4.69, 9.17) is 9.05 Å². The molecule has 0 heterocycles. The van der Waals surface area contributed by atoms with Gasteiger partial charge in [0.15, 0.2) is 0 Å². The number of carbonyl (C=O) groups is 2. The molecule has 1 rings (SSSR count). The molecule has 1 aromatic carbocycles. The largest absolute Gasteiger partial charge is 0.467 e. The molecule has 0 saturated heterocycles. The van der Waals surface area contributed by atoms with Gasteiger partial charge in [0.05, 0.1) is 13.3 Å². The van der Waals surface area contributed by atoms with E-state index in [0.717, 1.165) is 0 Å². The second-order valence-corrected chi connectivity index (χ2v) is 7.06. The van der Waals surface area contributed by atoms with Gasteiger partial charge in [0, 0.05) is 19.8 Å². The summed E-state index contributed by atoms with van der Waals surface area (Å²) in [7, 11) is 0.772. The van der Waals surface area contributed by atoms with Crippen molar-refractivity contribution in [2.24, 2.45) is 0 Å². The average molecular weight is 343 g/mol. The molecule has 1 atom stereocenters. The van der Waals surface area contributed by atoms with Gasteiger partial charge in [-0.25, -0.2) is 4.79 Å². The van der Waals surface area contributed by atoms with Crippen LogP contribution < -0.4 is 5.32 Å². The van der Waals surface area contributed by atoms with Crippen LogP contribution in [0.2, 0.25) is 0 Å². The fraction of sp³-hybridized carbons (Fsp3) is 0.467. The van der Waals surface area contributed by atoms with Gasteiger partial charge in [0.25, 0.3) is 5.91 Å². The summed E-state index contributed by atoms with van der Waals surface area (Å²) in [6, 6.07) is 5.82. The Morgan fingerprint density at radius 2 is 1.70 bits per heavy atom. The van der Waals surface area contributed by atoms with Gasteiger partial charge in [0.2, 0.25) is 0 Å². The van der Waals surface area contributed by atoms with E-state index >= 15 is 0 Å². The number of methoxy groups -OCH3 is 1.